The second kappa shape index (κ2) is 10.1. The fourth-order valence-corrected chi connectivity index (χ4v) is 7.75. The largest absolute Gasteiger partial charge is 0.507 e. The van der Waals surface area contributed by atoms with Crippen molar-refractivity contribution in [3.63, 3.8) is 0 Å². The number of piperazine rings is 1. The van der Waals surface area contributed by atoms with Gasteiger partial charge < -0.3 is 30.3 Å². The molecule has 1 amide bonds. The van der Waals surface area contributed by atoms with Gasteiger partial charge in [0.1, 0.15) is 17.5 Å². The highest BCUT2D eigenvalue weighted by Crippen LogP contribution is 2.57. The van der Waals surface area contributed by atoms with Crippen LogP contribution < -0.4 is 20.1 Å². The van der Waals surface area contributed by atoms with Crippen LogP contribution in [0.25, 0.3) is 0 Å². The molecular formula is C31H39N5O5. The van der Waals surface area contributed by atoms with Crippen LogP contribution in [0.3, 0.4) is 0 Å². The molecule has 10 nitrogen and oxygen atoms in total. The Morgan fingerprint density at radius 3 is 2.54 bits per heavy atom. The highest BCUT2D eigenvalue weighted by Gasteiger charge is 2.56. The lowest BCUT2D eigenvalue weighted by atomic mass is 9.71. The molecule has 2 aromatic carbocycles. The molecule has 1 unspecified atom stereocenters. The number of aryl methyl sites for hydroxylation is 1. The Morgan fingerprint density at radius 2 is 1.85 bits per heavy atom. The van der Waals surface area contributed by atoms with Crippen LogP contribution in [0.2, 0.25) is 0 Å². The van der Waals surface area contributed by atoms with Gasteiger partial charge in [-0.1, -0.05) is 13.0 Å². The molecule has 1 fully saturated rings. The van der Waals surface area contributed by atoms with Crippen LogP contribution in [0.4, 0.5) is 0 Å². The normalized spacial score (nSPS) is 26.9. The van der Waals surface area contributed by atoms with E-state index in [0.717, 1.165) is 33.4 Å². The van der Waals surface area contributed by atoms with E-state index in [9.17, 15) is 20.3 Å². The number of hydrogen-bond donors (Lipinski definition) is 4. The Kier molecular flexibility index (Phi) is 6.80. The van der Waals surface area contributed by atoms with E-state index in [1.807, 2.05) is 34.7 Å². The highest BCUT2D eigenvalue weighted by atomic mass is 16.7. The first-order valence-electron chi connectivity index (χ1n) is 14.4. The Hall–Kier alpha value is -3.52. The van der Waals surface area contributed by atoms with Crippen molar-refractivity contribution < 1.29 is 24.5 Å². The maximum Gasteiger partial charge on any atom is 0.237 e. The van der Waals surface area contributed by atoms with E-state index in [0.29, 0.717) is 42.1 Å². The van der Waals surface area contributed by atoms with Gasteiger partial charge in [0.25, 0.3) is 0 Å². The Morgan fingerprint density at radius 1 is 1.12 bits per heavy atom. The lowest BCUT2D eigenvalue weighted by molar-refractivity contribution is -0.124. The number of phenolic OH excluding ortho intramolecular Hbond substituents is 2. The Balaban J connectivity index is 1.55. The molecule has 4 aliphatic heterocycles. The van der Waals surface area contributed by atoms with Crippen LogP contribution in [0.5, 0.6) is 23.0 Å². The summed E-state index contributed by atoms with van der Waals surface area (Å²) in [7, 11) is 3.80. The van der Waals surface area contributed by atoms with Crippen LogP contribution in [-0.4, -0.2) is 77.5 Å². The van der Waals surface area contributed by atoms with Gasteiger partial charge in [0.05, 0.1) is 24.2 Å². The third-order valence-electron chi connectivity index (χ3n) is 10.0. The average Bonchev–Trinajstić information content (AvgIpc) is 3.44. The number of fused-ring (bicyclic) bond motifs is 9. The summed E-state index contributed by atoms with van der Waals surface area (Å²) in [5.41, 5.74) is 5.96. The summed E-state index contributed by atoms with van der Waals surface area (Å²) < 4.78 is 11.8. The zero-order valence-corrected chi connectivity index (χ0v) is 24.5. The van der Waals surface area contributed by atoms with Gasteiger partial charge in [-0.05, 0) is 70.8 Å². The molecule has 0 aromatic heterocycles. The monoisotopic (exact) mass is 561 g/mol. The number of likely N-dealkylation sites (N-methyl/N-ethyl adjacent to an activating group) is 2. The van der Waals surface area contributed by atoms with Crippen LogP contribution in [0.1, 0.15) is 64.4 Å². The van der Waals surface area contributed by atoms with E-state index in [-0.39, 0.29) is 49.2 Å². The molecule has 6 atom stereocenters. The average molecular weight is 562 g/mol. The molecule has 1 saturated heterocycles. The van der Waals surface area contributed by atoms with Crippen LogP contribution >= 0.6 is 0 Å². The first-order chi connectivity index (χ1) is 19.6. The number of carbonyl (C=O) groups is 1. The topological polar surface area (TPSA) is 130 Å². The molecule has 4 N–H and O–H groups in total. The maximum atomic E-state index is 13.1. The summed E-state index contributed by atoms with van der Waals surface area (Å²) in [4.78, 5) is 17.6. The molecule has 41 heavy (non-hydrogen) atoms. The number of nitriles is 1. The van der Waals surface area contributed by atoms with Crippen molar-refractivity contribution in [2.45, 2.75) is 83.2 Å². The number of carbonyl (C=O) groups excluding carboxylic acids is 1. The first-order valence-corrected chi connectivity index (χ1v) is 14.4. The van der Waals surface area contributed by atoms with Crippen molar-refractivity contribution in [2.75, 3.05) is 27.4 Å². The van der Waals surface area contributed by atoms with Gasteiger partial charge >= 0.3 is 0 Å². The van der Waals surface area contributed by atoms with Gasteiger partial charge in [-0.2, -0.15) is 5.26 Å². The molecular weight excluding hydrogens is 522 g/mol. The standard InChI is InChI=1S/C31H39N5O5/c1-7-19(33-5)31(39)34-12-23-25-18(27(37)16(4)29-30(25)41-13-40-29)10-21-26-24-17(8-14(2)15(3)28(24)38)9-20(35(26)6)22(11-32)36(21)23/h8,19-23,26,33,37-38H,7,9-10,12-13H2,1-6H3,(H,34,39)/t19-,20-,21?,22-,23-,26-/m0/s1. The zero-order valence-electron chi connectivity index (χ0n) is 24.5. The molecule has 0 spiro atoms. The number of hydrogen-bond acceptors (Lipinski definition) is 9. The molecule has 4 heterocycles. The van der Waals surface area contributed by atoms with Gasteiger partial charge in [0.2, 0.25) is 12.7 Å². The molecule has 6 rings (SSSR count). The molecule has 2 aromatic rings. The third-order valence-corrected chi connectivity index (χ3v) is 10.0. The number of amides is 1. The Bertz CT molecular complexity index is 1460. The summed E-state index contributed by atoms with van der Waals surface area (Å²) in [5, 5.41) is 39.9. The van der Waals surface area contributed by atoms with E-state index in [2.05, 4.69) is 32.6 Å². The van der Waals surface area contributed by atoms with Crippen molar-refractivity contribution in [3.05, 3.63) is 45.0 Å². The number of aromatic hydroxyl groups is 2. The molecule has 4 aliphatic rings. The zero-order chi connectivity index (χ0) is 29.3. The predicted molar refractivity (Wildman–Crippen MR) is 152 cm³/mol. The number of nitrogens with one attached hydrogen (secondary N) is 2. The van der Waals surface area contributed by atoms with Gasteiger partial charge in [-0.3, -0.25) is 14.6 Å². The number of ether oxygens (including phenoxy) is 2. The van der Waals surface area contributed by atoms with Crippen LogP contribution in [0.15, 0.2) is 6.07 Å². The van der Waals surface area contributed by atoms with Gasteiger partial charge in [0.15, 0.2) is 11.5 Å². The molecule has 0 radical (unpaired) electrons. The molecule has 10 heteroatoms. The SMILES string of the molecule is CC[C@H](NC)C(=O)NC[C@H]1c2c(c(O)c(C)c3c2OCO3)CC2[C@H]3c4c(cc(C)c(C)c4O)C[C@@H]([C@H](C#N)N21)N3C. The Labute approximate surface area is 240 Å². The lowest BCUT2D eigenvalue weighted by Gasteiger charge is -2.60. The molecule has 2 bridgehead atoms. The number of phenols is 2. The van der Waals surface area contributed by atoms with E-state index in [1.165, 1.54) is 0 Å². The summed E-state index contributed by atoms with van der Waals surface area (Å²) in [5.74, 6) is 1.41. The van der Waals surface area contributed by atoms with Gasteiger partial charge in [-0.25, -0.2) is 0 Å². The lowest BCUT2D eigenvalue weighted by Crippen LogP contribution is -2.68. The minimum absolute atomic E-state index is 0.0434. The number of rotatable bonds is 5. The maximum absolute atomic E-state index is 13.1. The molecule has 0 saturated carbocycles. The molecule has 218 valence electrons. The van der Waals surface area contributed by atoms with Crippen molar-refractivity contribution in [1.82, 2.24) is 20.4 Å². The van der Waals surface area contributed by atoms with Crippen molar-refractivity contribution >= 4 is 5.91 Å². The van der Waals surface area contributed by atoms with Crippen LogP contribution in [0, 0.1) is 32.1 Å². The first kappa shape index (κ1) is 27.6. The van der Waals surface area contributed by atoms with Crippen molar-refractivity contribution in [1.29, 1.82) is 5.26 Å². The highest BCUT2D eigenvalue weighted by molar-refractivity contribution is 5.81. The van der Waals surface area contributed by atoms with E-state index in [4.69, 9.17) is 9.47 Å². The molecule has 0 aliphatic carbocycles. The van der Waals surface area contributed by atoms with Gasteiger partial charge in [-0.15, -0.1) is 0 Å². The number of benzene rings is 2. The third kappa shape index (κ3) is 3.90. The van der Waals surface area contributed by atoms with Crippen molar-refractivity contribution in [2.24, 2.45) is 0 Å². The summed E-state index contributed by atoms with van der Waals surface area (Å²) in [6.07, 6.45) is 1.70. The summed E-state index contributed by atoms with van der Waals surface area (Å²) in [6.45, 7) is 7.98. The van der Waals surface area contributed by atoms with E-state index >= 15 is 0 Å². The predicted octanol–water partition coefficient (Wildman–Crippen LogP) is 2.64. The number of nitrogens with zero attached hydrogens (tertiary/aromatic N) is 3. The summed E-state index contributed by atoms with van der Waals surface area (Å²) in [6, 6.07) is 2.86. The van der Waals surface area contributed by atoms with E-state index in [1.54, 1.807) is 7.05 Å². The van der Waals surface area contributed by atoms with Crippen molar-refractivity contribution in [3.8, 4) is 29.1 Å². The van der Waals surface area contributed by atoms with Gasteiger partial charge in [0, 0.05) is 40.9 Å². The second-order valence-electron chi connectivity index (χ2n) is 11.9. The fourth-order valence-electron chi connectivity index (χ4n) is 7.75. The fraction of sp³-hybridized carbons (Fsp3) is 0.548. The minimum Gasteiger partial charge on any atom is -0.507 e. The smallest absolute Gasteiger partial charge is 0.237 e. The second-order valence-corrected chi connectivity index (χ2v) is 11.9. The quantitative estimate of drug-likeness (QED) is 0.435. The van der Waals surface area contributed by atoms with E-state index < -0.39 is 12.1 Å². The minimum atomic E-state index is -0.499. The summed E-state index contributed by atoms with van der Waals surface area (Å²) >= 11 is 0. The van der Waals surface area contributed by atoms with Crippen LogP contribution in [-0.2, 0) is 17.6 Å².